The first-order valence-corrected chi connectivity index (χ1v) is 7.34. The van der Waals surface area contributed by atoms with Crippen LogP contribution < -0.4 is 5.32 Å². The number of aromatic nitrogens is 1. The molecule has 0 aliphatic carbocycles. The van der Waals surface area contributed by atoms with Gasteiger partial charge in [-0.2, -0.15) is 0 Å². The van der Waals surface area contributed by atoms with E-state index in [4.69, 9.17) is 4.74 Å². The van der Waals surface area contributed by atoms with E-state index in [1.54, 1.807) is 6.20 Å². The van der Waals surface area contributed by atoms with Gasteiger partial charge in [0.25, 0.3) is 0 Å². The third kappa shape index (κ3) is 6.06. The van der Waals surface area contributed by atoms with Crippen molar-refractivity contribution < 1.29 is 4.74 Å². The van der Waals surface area contributed by atoms with Gasteiger partial charge >= 0.3 is 0 Å². The first-order valence-electron chi connectivity index (χ1n) is 7.34. The third-order valence-corrected chi connectivity index (χ3v) is 3.04. The Morgan fingerprint density at radius 2 is 1.71 bits per heavy atom. The van der Waals surface area contributed by atoms with E-state index in [0.717, 1.165) is 13.1 Å². The van der Waals surface area contributed by atoms with E-state index in [0.29, 0.717) is 6.61 Å². The van der Waals surface area contributed by atoms with Crippen molar-refractivity contribution in [1.82, 2.24) is 10.3 Å². The molecule has 1 aromatic carbocycles. The Hall–Kier alpha value is -1.71. The largest absolute Gasteiger partial charge is 0.371 e. The SMILES string of the molecule is CC(C)(C)OCc1cccc(CNCc2cccnc2)c1. The number of hydrogen-bond acceptors (Lipinski definition) is 3. The Bertz CT molecular complexity index is 547. The highest BCUT2D eigenvalue weighted by Gasteiger charge is 2.09. The molecule has 0 spiro atoms. The van der Waals surface area contributed by atoms with E-state index in [1.807, 2.05) is 12.3 Å². The van der Waals surface area contributed by atoms with Gasteiger partial charge in [-0.05, 0) is 43.5 Å². The molecule has 0 radical (unpaired) electrons. The lowest BCUT2D eigenvalue weighted by Crippen LogP contribution is -2.18. The van der Waals surface area contributed by atoms with Crippen molar-refractivity contribution in [3.63, 3.8) is 0 Å². The average molecular weight is 284 g/mol. The average Bonchev–Trinajstić information content (AvgIpc) is 2.46. The summed E-state index contributed by atoms with van der Waals surface area (Å²) in [6.07, 6.45) is 3.68. The van der Waals surface area contributed by atoms with E-state index in [9.17, 15) is 0 Å². The molecule has 1 aromatic heterocycles. The monoisotopic (exact) mass is 284 g/mol. The lowest BCUT2D eigenvalue weighted by atomic mass is 10.1. The predicted octanol–water partition coefficient (Wildman–Crippen LogP) is 3.69. The Balaban J connectivity index is 1.83. The standard InChI is InChI=1S/C18H24N2O/c1-18(2,3)21-14-16-7-4-6-15(10-16)11-20-13-17-8-5-9-19-12-17/h4-10,12,20H,11,13-14H2,1-3H3. The van der Waals surface area contributed by atoms with Gasteiger partial charge in [-0.1, -0.05) is 30.3 Å². The van der Waals surface area contributed by atoms with Gasteiger partial charge in [-0.25, -0.2) is 0 Å². The maximum atomic E-state index is 5.82. The molecule has 2 rings (SSSR count). The van der Waals surface area contributed by atoms with Crippen LogP contribution in [0.25, 0.3) is 0 Å². The zero-order valence-corrected chi connectivity index (χ0v) is 13.1. The van der Waals surface area contributed by atoms with E-state index < -0.39 is 0 Å². The summed E-state index contributed by atoms with van der Waals surface area (Å²) in [4.78, 5) is 4.12. The lowest BCUT2D eigenvalue weighted by Gasteiger charge is -2.19. The normalized spacial score (nSPS) is 11.6. The summed E-state index contributed by atoms with van der Waals surface area (Å²) in [5.41, 5.74) is 3.58. The number of benzene rings is 1. The minimum absolute atomic E-state index is 0.103. The van der Waals surface area contributed by atoms with Crippen LogP contribution in [0.4, 0.5) is 0 Å². The second kappa shape index (κ2) is 7.34. The molecule has 0 aliphatic heterocycles. The van der Waals surface area contributed by atoms with Crippen LogP contribution in [0.5, 0.6) is 0 Å². The molecule has 0 fully saturated rings. The van der Waals surface area contributed by atoms with E-state index in [2.05, 4.69) is 61.4 Å². The maximum Gasteiger partial charge on any atom is 0.0724 e. The van der Waals surface area contributed by atoms with Gasteiger partial charge in [0.05, 0.1) is 12.2 Å². The summed E-state index contributed by atoms with van der Waals surface area (Å²) in [5, 5.41) is 3.44. The molecule has 3 heteroatoms. The Kier molecular flexibility index (Phi) is 5.48. The predicted molar refractivity (Wildman–Crippen MR) is 85.8 cm³/mol. The van der Waals surface area contributed by atoms with Crippen LogP contribution in [-0.4, -0.2) is 10.6 Å². The van der Waals surface area contributed by atoms with Crippen LogP contribution >= 0.6 is 0 Å². The minimum atomic E-state index is -0.103. The van der Waals surface area contributed by atoms with Crippen LogP contribution in [0, 0.1) is 0 Å². The third-order valence-electron chi connectivity index (χ3n) is 3.04. The van der Waals surface area contributed by atoms with E-state index in [1.165, 1.54) is 16.7 Å². The Morgan fingerprint density at radius 3 is 2.43 bits per heavy atom. The van der Waals surface area contributed by atoms with Crippen molar-refractivity contribution in [3.05, 3.63) is 65.5 Å². The molecular weight excluding hydrogens is 260 g/mol. The van der Waals surface area contributed by atoms with E-state index in [-0.39, 0.29) is 5.60 Å². The molecule has 0 bridgehead atoms. The fourth-order valence-corrected chi connectivity index (χ4v) is 1.98. The molecule has 3 nitrogen and oxygen atoms in total. The lowest BCUT2D eigenvalue weighted by molar-refractivity contribution is -0.0149. The summed E-state index contributed by atoms with van der Waals surface area (Å²) in [6, 6.07) is 12.6. The Morgan fingerprint density at radius 1 is 1.00 bits per heavy atom. The fraction of sp³-hybridized carbons (Fsp3) is 0.389. The zero-order valence-electron chi connectivity index (χ0n) is 13.1. The van der Waals surface area contributed by atoms with Gasteiger partial charge in [0, 0.05) is 25.5 Å². The number of nitrogens with zero attached hydrogens (tertiary/aromatic N) is 1. The number of hydrogen-bond donors (Lipinski definition) is 1. The van der Waals surface area contributed by atoms with Crippen molar-refractivity contribution in [2.75, 3.05) is 0 Å². The highest BCUT2D eigenvalue weighted by atomic mass is 16.5. The molecule has 0 saturated carbocycles. The van der Waals surface area contributed by atoms with Crippen LogP contribution in [0.2, 0.25) is 0 Å². The summed E-state index contributed by atoms with van der Waals surface area (Å²) in [5.74, 6) is 0. The summed E-state index contributed by atoms with van der Waals surface area (Å²) in [7, 11) is 0. The van der Waals surface area contributed by atoms with Crippen molar-refractivity contribution in [1.29, 1.82) is 0 Å². The van der Waals surface area contributed by atoms with Gasteiger partial charge in [0.1, 0.15) is 0 Å². The van der Waals surface area contributed by atoms with Gasteiger partial charge in [-0.15, -0.1) is 0 Å². The summed E-state index contributed by atoms with van der Waals surface area (Å²) < 4.78 is 5.82. The minimum Gasteiger partial charge on any atom is -0.371 e. The number of pyridine rings is 1. The molecule has 1 N–H and O–H groups in total. The smallest absolute Gasteiger partial charge is 0.0724 e. The molecular formula is C18H24N2O. The molecule has 1 heterocycles. The first-order chi connectivity index (χ1) is 10.0. The molecule has 0 amide bonds. The summed E-state index contributed by atoms with van der Waals surface area (Å²) in [6.45, 7) is 8.56. The second-order valence-corrected chi connectivity index (χ2v) is 6.19. The molecule has 0 aliphatic rings. The molecule has 112 valence electrons. The van der Waals surface area contributed by atoms with Crippen LogP contribution in [-0.2, 0) is 24.4 Å². The van der Waals surface area contributed by atoms with Crippen LogP contribution in [0.15, 0.2) is 48.8 Å². The molecule has 0 saturated heterocycles. The topological polar surface area (TPSA) is 34.1 Å². The quantitative estimate of drug-likeness (QED) is 0.878. The van der Waals surface area contributed by atoms with Crippen molar-refractivity contribution in [2.45, 2.75) is 46.1 Å². The number of nitrogens with one attached hydrogen (secondary N) is 1. The summed E-state index contributed by atoms with van der Waals surface area (Å²) >= 11 is 0. The molecule has 0 atom stereocenters. The highest BCUT2D eigenvalue weighted by Crippen LogP contribution is 2.13. The molecule has 0 unspecified atom stereocenters. The number of rotatable bonds is 6. The van der Waals surface area contributed by atoms with Crippen LogP contribution in [0.1, 0.15) is 37.5 Å². The van der Waals surface area contributed by atoms with Crippen molar-refractivity contribution >= 4 is 0 Å². The van der Waals surface area contributed by atoms with Crippen molar-refractivity contribution in [2.24, 2.45) is 0 Å². The maximum absolute atomic E-state index is 5.82. The molecule has 2 aromatic rings. The van der Waals surface area contributed by atoms with Crippen molar-refractivity contribution in [3.8, 4) is 0 Å². The van der Waals surface area contributed by atoms with Crippen LogP contribution in [0.3, 0.4) is 0 Å². The zero-order chi connectivity index (χ0) is 15.1. The second-order valence-electron chi connectivity index (χ2n) is 6.19. The van der Waals surface area contributed by atoms with Gasteiger partial charge in [0.2, 0.25) is 0 Å². The first kappa shape index (κ1) is 15.7. The van der Waals surface area contributed by atoms with Gasteiger partial charge in [0.15, 0.2) is 0 Å². The molecule has 21 heavy (non-hydrogen) atoms. The van der Waals surface area contributed by atoms with Gasteiger partial charge in [-0.3, -0.25) is 4.98 Å². The highest BCUT2D eigenvalue weighted by molar-refractivity contribution is 5.23. The van der Waals surface area contributed by atoms with Gasteiger partial charge < -0.3 is 10.1 Å². The fourth-order valence-electron chi connectivity index (χ4n) is 1.98. The van der Waals surface area contributed by atoms with E-state index >= 15 is 0 Å². The number of ether oxygens (including phenoxy) is 1. The Labute approximate surface area is 127 Å².